The second kappa shape index (κ2) is 6.81. The molecule has 1 atom stereocenters. The molecule has 0 saturated heterocycles. The maximum Gasteiger partial charge on any atom is 0.237 e. The SMILES string of the molecule is C[C@@H](Sc1nc2ccccc2s1)C(=O)Nc1ccc(Br)cc1. The third kappa shape index (κ3) is 3.69. The Morgan fingerprint density at radius 2 is 1.95 bits per heavy atom. The van der Waals surface area contributed by atoms with E-state index >= 15 is 0 Å². The largest absolute Gasteiger partial charge is 0.325 e. The van der Waals surface area contributed by atoms with Gasteiger partial charge in [-0.25, -0.2) is 4.98 Å². The van der Waals surface area contributed by atoms with Gasteiger partial charge in [0.1, 0.15) is 0 Å². The van der Waals surface area contributed by atoms with Crippen LogP contribution in [0.2, 0.25) is 0 Å². The van der Waals surface area contributed by atoms with Gasteiger partial charge in [0.25, 0.3) is 0 Å². The van der Waals surface area contributed by atoms with Gasteiger partial charge >= 0.3 is 0 Å². The first-order chi connectivity index (χ1) is 10.6. The normalized spacial score (nSPS) is 12.3. The number of carbonyl (C=O) groups is 1. The number of thiazole rings is 1. The van der Waals surface area contributed by atoms with Gasteiger partial charge in [-0.2, -0.15) is 0 Å². The van der Waals surface area contributed by atoms with Gasteiger partial charge in [0.2, 0.25) is 5.91 Å². The molecule has 1 amide bonds. The third-order valence-electron chi connectivity index (χ3n) is 3.03. The number of aromatic nitrogens is 1. The fourth-order valence-corrected chi connectivity index (χ4v) is 4.36. The van der Waals surface area contributed by atoms with Crippen molar-refractivity contribution in [2.75, 3.05) is 5.32 Å². The molecule has 3 nitrogen and oxygen atoms in total. The summed E-state index contributed by atoms with van der Waals surface area (Å²) in [5.41, 5.74) is 1.78. The van der Waals surface area contributed by atoms with E-state index in [1.807, 2.05) is 55.5 Å². The Morgan fingerprint density at radius 1 is 1.23 bits per heavy atom. The van der Waals surface area contributed by atoms with Crippen LogP contribution in [-0.2, 0) is 4.79 Å². The number of rotatable bonds is 4. The van der Waals surface area contributed by atoms with Crippen molar-refractivity contribution >= 4 is 60.8 Å². The fourth-order valence-electron chi connectivity index (χ4n) is 1.88. The molecule has 6 heteroatoms. The van der Waals surface area contributed by atoms with Gasteiger partial charge in [0, 0.05) is 10.2 Å². The first-order valence-corrected chi connectivity index (χ1v) is 9.19. The molecular formula is C16H13BrN2OS2. The minimum absolute atomic E-state index is 0.0217. The number of hydrogen-bond acceptors (Lipinski definition) is 4. The van der Waals surface area contributed by atoms with Crippen LogP contribution in [0.3, 0.4) is 0 Å². The van der Waals surface area contributed by atoms with Gasteiger partial charge in [-0.15, -0.1) is 11.3 Å². The number of benzene rings is 2. The standard InChI is InChI=1S/C16H13BrN2OS2/c1-10(15(20)18-12-8-6-11(17)7-9-12)21-16-19-13-4-2-3-5-14(13)22-16/h2-10H,1H3,(H,18,20)/t10-/m1/s1. The highest BCUT2D eigenvalue weighted by Gasteiger charge is 2.17. The quantitative estimate of drug-likeness (QED) is 0.622. The molecule has 0 aliphatic heterocycles. The second-order valence-corrected chi connectivity index (χ2v) is 8.24. The number of anilines is 1. The van der Waals surface area contributed by atoms with Crippen molar-refractivity contribution in [3.05, 3.63) is 53.0 Å². The van der Waals surface area contributed by atoms with E-state index in [1.165, 1.54) is 11.8 Å². The highest BCUT2D eigenvalue weighted by molar-refractivity contribution is 9.10. The minimum Gasteiger partial charge on any atom is -0.325 e. The summed E-state index contributed by atoms with van der Waals surface area (Å²) < 4.78 is 3.05. The highest BCUT2D eigenvalue weighted by atomic mass is 79.9. The Bertz CT molecular complexity index is 768. The number of halogens is 1. The average molecular weight is 393 g/mol. The highest BCUT2D eigenvalue weighted by Crippen LogP contribution is 2.32. The van der Waals surface area contributed by atoms with E-state index in [4.69, 9.17) is 0 Å². The molecule has 3 rings (SSSR count). The molecule has 2 aromatic carbocycles. The lowest BCUT2D eigenvalue weighted by Gasteiger charge is -2.10. The molecule has 0 saturated carbocycles. The number of para-hydroxylation sites is 1. The molecule has 0 bridgehead atoms. The van der Waals surface area contributed by atoms with Gasteiger partial charge < -0.3 is 5.32 Å². The van der Waals surface area contributed by atoms with E-state index in [9.17, 15) is 4.79 Å². The van der Waals surface area contributed by atoms with E-state index in [0.29, 0.717) is 0 Å². The van der Waals surface area contributed by atoms with Crippen molar-refractivity contribution in [3.8, 4) is 0 Å². The molecule has 0 unspecified atom stereocenters. The Hall–Kier alpha value is -1.37. The second-order valence-electron chi connectivity index (χ2n) is 4.70. The van der Waals surface area contributed by atoms with Crippen LogP contribution in [0.4, 0.5) is 5.69 Å². The lowest BCUT2D eigenvalue weighted by molar-refractivity contribution is -0.115. The molecule has 0 aliphatic carbocycles. The molecule has 0 spiro atoms. The van der Waals surface area contributed by atoms with Gasteiger partial charge in [-0.1, -0.05) is 39.8 Å². The number of nitrogens with zero attached hydrogens (tertiary/aromatic N) is 1. The van der Waals surface area contributed by atoms with Crippen LogP contribution >= 0.6 is 39.0 Å². The number of hydrogen-bond donors (Lipinski definition) is 1. The summed E-state index contributed by atoms with van der Waals surface area (Å²) in [5.74, 6) is -0.0217. The van der Waals surface area contributed by atoms with Crippen LogP contribution < -0.4 is 5.32 Å². The Balaban J connectivity index is 1.66. The van der Waals surface area contributed by atoms with Crippen molar-refractivity contribution in [2.45, 2.75) is 16.5 Å². The first kappa shape index (κ1) is 15.5. The fraction of sp³-hybridized carbons (Fsp3) is 0.125. The summed E-state index contributed by atoms with van der Waals surface area (Å²) in [6, 6.07) is 15.6. The summed E-state index contributed by atoms with van der Waals surface area (Å²) in [6.45, 7) is 1.89. The lowest BCUT2D eigenvalue weighted by atomic mass is 10.3. The predicted octanol–water partition coefficient (Wildman–Crippen LogP) is 5.18. The molecule has 3 aromatic rings. The smallest absolute Gasteiger partial charge is 0.237 e. The predicted molar refractivity (Wildman–Crippen MR) is 97.7 cm³/mol. The number of amides is 1. The number of nitrogens with one attached hydrogen (secondary N) is 1. The molecule has 0 radical (unpaired) electrons. The van der Waals surface area contributed by atoms with E-state index in [2.05, 4.69) is 26.2 Å². The first-order valence-electron chi connectivity index (χ1n) is 6.70. The molecule has 1 aromatic heterocycles. The Labute approximate surface area is 145 Å². The zero-order valence-electron chi connectivity index (χ0n) is 11.7. The van der Waals surface area contributed by atoms with Crippen molar-refractivity contribution in [2.24, 2.45) is 0 Å². The van der Waals surface area contributed by atoms with E-state index < -0.39 is 0 Å². The molecule has 112 valence electrons. The van der Waals surface area contributed by atoms with E-state index in [0.717, 1.165) is 24.7 Å². The topological polar surface area (TPSA) is 42.0 Å². The maximum atomic E-state index is 12.3. The maximum absolute atomic E-state index is 12.3. The summed E-state index contributed by atoms with van der Waals surface area (Å²) in [4.78, 5) is 16.8. The van der Waals surface area contributed by atoms with Gasteiger partial charge in [0.05, 0.1) is 15.5 Å². The van der Waals surface area contributed by atoms with E-state index in [1.54, 1.807) is 11.3 Å². The van der Waals surface area contributed by atoms with Crippen molar-refractivity contribution in [1.82, 2.24) is 4.98 Å². The minimum atomic E-state index is -0.204. The number of thioether (sulfide) groups is 1. The number of fused-ring (bicyclic) bond motifs is 1. The zero-order valence-corrected chi connectivity index (χ0v) is 15.0. The Morgan fingerprint density at radius 3 is 2.68 bits per heavy atom. The molecule has 0 fully saturated rings. The van der Waals surface area contributed by atoms with Crippen LogP contribution in [0.5, 0.6) is 0 Å². The molecular weight excluding hydrogens is 380 g/mol. The van der Waals surface area contributed by atoms with Crippen molar-refractivity contribution < 1.29 is 4.79 Å². The van der Waals surface area contributed by atoms with Crippen LogP contribution in [0, 0.1) is 0 Å². The molecule has 1 heterocycles. The Kier molecular flexibility index (Phi) is 4.81. The summed E-state index contributed by atoms with van der Waals surface area (Å²) in [6.07, 6.45) is 0. The summed E-state index contributed by atoms with van der Waals surface area (Å²) in [5, 5.41) is 2.71. The molecule has 1 N–H and O–H groups in total. The third-order valence-corrected chi connectivity index (χ3v) is 5.79. The van der Waals surface area contributed by atoms with Crippen LogP contribution in [0.25, 0.3) is 10.2 Å². The van der Waals surface area contributed by atoms with Crippen molar-refractivity contribution in [3.63, 3.8) is 0 Å². The van der Waals surface area contributed by atoms with E-state index in [-0.39, 0.29) is 11.2 Å². The summed E-state index contributed by atoms with van der Waals surface area (Å²) >= 11 is 6.48. The van der Waals surface area contributed by atoms with Gasteiger partial charge in [0.15, 0.2) is 4.34 Å². The monoisotopic (exact) mass is 392 g/mol. The van der Waals surface area contributed by atoms with Crippen LogP contribution in [-0.4, -0.2) is 16.1 Å². The average Bonchev–Trinajstić information content (AvgIpc) is 2.91. The van der Waals surface area contributed by atoms with Crippen molar-refractivity contribution in [1.29, 1.82) is 0 Å². The molecule has 22 heavy (non-hydrogen) atoms. The van der Waals surface area contributed by atoms with Gasteiger partial charge in [-0.3, -0.25) is 4.79 Å². The van der Waals surface area contributed by atoms with Gasteiger partial charge in [-0.05, 0) is 43.3 Å². The zero-order chi connectivity index (χ0) is 15.5. The lowest BCUT2D eigenvalue weighted by Crippen LogP contribution is -2.22. The number of carbonyl (C=O) groups excluding carboxylic acids is 1. The molecule has 0 aliphatic rings. The summed E-state index contributed by atoms with van der Waals surface area (Å²) in [7, 11) is 0. The van der Waals surface area contributed by atoms with Crippen LogP contribution in [0.1, 0.15) is 6.92 Å². The van der Waals surface area contributed by atoms with Crippen LogP contribution in [0.15, 0.2) is 57.3 Å².